The van der Waals surface area contributed by atoms with Gasteiger partial charge in [-0.2, -0.15) is 0 Å². The van der Waals surface area contributed by atoms with E-state index < -0.39 is 11.9 Å². The molecule has 0 heterocycles. The highest BCUT2D eigenvalue weighted by atomic mass is 35.5. The van der Waals surface area contributed by atoms with E-state index in [-0.39, 0.29) is 0 Å². The average Bonchev–Trinajstić information content (AvgIpc) is 2.42. The fourth-order valence-corrected chi connectivity index (χ4v) is 2.29. The van der Waals surface area contributed by atoms with Crippen LogP contribution < -0.4 is 11.1 Å². The third-order valence-electron chi connectivity index (χ3n) is 3.23. The molecule has 1 atom stereocenters. The van der Waals surface area contributed by atoms with Gasteiger partial charge in [-0.3, -0.25) is 4.79 Å². The number of amides is 1. The van der Waals surface area contributed by atoms with Crippen molar-refractivity contribution >= 4 is 29.1 Å². The van der Waals surface area contributed by atoms with E-state index in [1.54, 1.807) is 18.2 Å². The molecule has 0 aromatic heterocycles. The summed E-state index contributed by atoms with van der Waals surface area (Å²) in [6.07, 6.45) is 0. The monoisotopic (exact) mass is 317 g/mol. The minimum Gasteiger partial charge on any atom is -0.368 e. The van der Waals surface area contributed by atoms with Gasteiger partial charge in [0, 0.05) is 13.1 Å². The summed E-state index contributed by atoms with van der Waals surface area (Å²) in [6.45, 7) is 7.70. The number of rotatable bonds is 8. The zero-order valence-corrected chi connectivity index (χ0v) is 13.3. The fourth-order valence-electron chi connectivity index (χ4n) is 1.98. The number of likely N-dealkylation sites (N-methyl/N-ethyl adjacent to an activating group) is 1. The zero-order valence-electron chi connectivity index (χ0n) is 11.8. The van der Waals surface area contributed by atoms with Gasteiger partial charge in [-0.25, -0.2) is 0 Å². The predicted molar refractivity (Wildman–Crippen MR) is 84.2 cm³/mol. The van der Waals surface area contributed by atoms with Gasteiger partial charge >= 0.3 is 0 Å². The predicted octanol–water partition coefficient (Wildman–Crippen LogP) is 2.45. The van der Waals surface area contributed by atoms with Gasteiger partial charge in [-0.15, -0.1) is 0 Å². The van der Waals surface area contributed by atoms with Crippen molar-refractivity contribution in [2.75, 3.05) is 26.2 Å². The molecule has 0 bridgehead atoms. The molecule has 0 saturated carbocycles. The van der Waals surface area contributed by atoms with Crippen LogP contribution in [0.15, 0.2) is 18.2 Å². The molecule has 0 saturated heterocycles. The number of hydrogen-bond acceptors (Lipinski definition) is 3. The molecule has 0 aliphatic rings. The lowest BCUT2D eigenvalue weighted by atomic mass is 10.1. The Labute approximate surface area is 130 Å². The Bertz CT molecular complexity index is 450. The molecular formula is C14H21Cl2N3O. The topological polar surface area (TPSA) is 58.4 Å². The largest absolute Gasteiger partial charge is 0.368 e. The first-order valence-electron chi connectivity index (χ1n) is 6.69. The van der Waals surface area contributed by atoms with E-state index in [4.69, 9.17) is 28.9 Å². The van der Waals surface area contributed by atoms with Crippen LogP contribution in [0.1, 0.15) is 25.5 Å². The number of carbonyl (C=O) groups is 1. The molecule has 0 radical (unpaired) electrons. The Kier molecular flexibility index (Phi) is 7.30. The van der Waals surface area contributed by atoms with Crippen molar-refractivity contribution in [3.05, 3.63) is 33.8 Å². The fraction of sp³-hybridized carbons (Fsp3) is 0.500. The summed E-state index contributed by atoms with van der Waals surface area (Å²) in [7, 11) is 0. The van der Waals surface area contributed by atoms with Gasteiger partial charge in [0.05, 0.1) is 10.0 Å². The Morgan fingerprint density at radius 1 is 1.30 bits per heavy atom. The van der Waals surface area contributed by atoms with Crippen LogP contribution in [-0.2, 0) is 4.79 Å². The van der Waals surface area contributed by atoms with E-state index in [0.29, 0.717) is 16.6 Å². The Balaban J connectivity index is 2.69. The molecule has 0 aliphatic carbocycles. The van der Waals surface area contributed by atoms with Gasteiger partial charge in [-0.1, -0.05) is 43.1 Å². The molecule has 4 nitrogen and oxygen atoms in total. The minimum atomic E-state index is -0.555. The Hall–Kier alpha value is -0.810. The standard InChI is InChI=1S/C14H21Cl2N3O/c1-3-19(4-2)8-7-18-13(14(17)20)10-5-6-11(15)12(16)9-10/h5-6,9,13,18H,3-4,7-8H2,1-2H3,(H2,17,20). The molecular weight excluding hydrogens is 297 g/mol. The first kappa shape index (κ1) is 17.2. The van der Waals surface area contributed by atoms with E-state index >= 15 is 0 Å². The molecule has 0 fully saturated rings. The van der Waals surface area contributed by atoms with Gasteiger partial charge in [0.15, 0.2) is 0 Å². The van der Waals surface area contributed by atoms with Gasteiger partial charge in [-0.05, 0) is 30.8 Å². The molecule has 1 aromatic rings. The second-order valence-electron chi connectivity index (χ2n) is 4.49. The number of benzene rings is 1. The maximum atomic E-state index is 11.6. The number of nitrogens with zero attached hydrogens (tertiary/aromatic N) is 1. The van der Waals surface area contributed by atoms with Crippen molar-refractivity contribution in [2.24, 2.45) is 5.73 Å². The number of hydrogen-bond donors (Lipinski definition) is 2. The van der Waals surface area contributed by atoms with Crippen molar-refractivity contribution in [2.45, 2.75) is 19.9 Å². The lowest BCUT2D eigenvalue weighted by Gasteiger charge is -2.21. The van der Waals surface area contributed by atoms with E-state index in [9.17, 15) is 4.79 Å². The van der Waals surface area contributed by atoms with Crippen LogP contribution in [0.2, 0.25) is 10.0 Å². The number of nitrogens with two attached hydrogens (primary N) is 1. The van der Waals surface area contributed by atoms with Crippen LogP contribution in [0.25, 0.3) is 0 Å². The molecule has 1 amide bonds. The van der Waals surface area contributed by atoms with Gasteiger partial charge in [0.25, 0.3) is 0 Å². The van der Waals surface area contributed by atoms with E-state index in [1.165, 1.54) is 0 Å². The second-order valence-corrected chi connectivity index (χ2v) is 5.30. The van der Waals surface area contributed by atoms with Crippen molar-refractivity contribution in [1.29, 1.82) is 0 Å². The highest BCUT2D eigenvalue weighted by Gasteiger charge is 2.18. The Morgan fingerprint density at radius 2 is 1.95 bits per heavy atom. The first-order chi connectivity index (χ1) is 9.49. The number of halogens is 2. The summed E-state index contributed by atoms with van der Waals surface area (Å²) < 4.78 is 0. The zero-order chi connectivity index (χ0) is 15.1. The van der Waals surface area contributed by atoms with Crippen LogP contribution in [0.5, 0.6) is 0 Å². The smallest absolute Gasteiger partial charge is 0.239 e. The maximum absolute atomic E-state index is 11.6. The molecule has 112 valence electrons. The summed E-state index contributed by atoms with van der Waals surface area (Å²) in [4.78, 5) is 13.8. The van der Waals surface area contributed by atoms with Gasteiger partial charge in [0.2, 0.25) is 5.91 Å². The van der Waals surface area contributed by atoms with Gasteiger partial charge < -0.3 is 16.0 Å². The van der Waals surface area contributed by atoms with Crippen LogP contribution in [0, 0.1) is 0 Å². The summed E-state index contributed by atoms with van der Waals surface area (Å²) in [5.41, 5.74) is 6.18. The average molecular weight is 318 g/mol. The van der Waals surface area contributed by atoms with Crippen molar-refractivity contribution < 1.29 is 4.79 Å². The van der Waals surface area contributed by atoms with Crippen LogP contribution in [-0.4, -0.2) is 37.0 Å². The lowest BCUT2D eigenvalue weighted by Crippen LogP contribution is -2.38. The van der Waals surface area contributed by atoms with E-state index in [1.807, 2.05) is 0 Å². The molecule has 1 aromatic carbocycles. The molecule has 1 unspecified atom stereocenters. The summed E-state index contributed by atoms with van der Waals surface area (Å²) >= 11 is 11.8. The number of carbonyl (C=O) groups excluding carboxylic acids is 1. The molecule has 20 heavy (non-hydrogen) atoms. The highest BCUT2D eigenvalue weighted by molar-refractivity contribution is 6.42. The van der Waals surface area contributed by atoms with Crippen LogP contribution in [0.4, 0.5) is 0 Å². The van der Waals surface area contributed by atoms with Gasteiger partial charge in [0.1, 0.15) is 6.04 Å². The lowest BCUT2D eigenvalue weighted by molar-refractivity contribution is -0.120. The van der Waals surface area contributed by atoms with E-state index in [0.717, 1.165) is 25.2 Å². The van der Waals surface area contributed by atoms with E-state index in [2.05, 4.69) is 24.1 Å². The van der Waals surface area contributed by atoms with Crippen LogP contribution >= 0.6 is 23.2 Å². The minimum absolute atomic E-state index is 0.418. The molecule has 0 spiro atoms. The molecule has 6 heteroatoms. The molecule has 0 aliphatic heterocycles. The summed E-state index contributed by atoms with van der Waals surface area (Å²) in [6, 6.07) is 4.54. The van der Waals surface area contributed by atoms with Crippen LogP contribution in [0.3, 0.4) is 0 Å². The SMILES string of the molecule is CCN(CC)CCNC(C(N)=O)c1ccc(Cl)c(Cl)c1. The molecule has 3 N–H and O–H groups in total. The first-order valence-corrected chi connectivity index (χ1v) is 7.45. The summed E-state index contributed by atoms with van der Waals surface area (Å²) in [5, 5.41) is 4.04. The quantitative estimate of drug-likeness (QED) is 0.774. The number of primary amides is 1. The van der Waals surface area contributed by atoms with Crippen molar-refractivity contribution in [1.82, 2.24) is 10.2 Å². The second kappa shape index (κ2) is 8.47. The number of nitrogens with one attached hydrogen (secondary N) is 1. The highest BCUT2D eigenvalue weighted by Crippen LogP contribution is 2.25. The van der Waals surface area contributed by atoms with Crippen molar-refractivity contribution in [3.63, 3.8) is 0 Å². The maximum Gasteiger partial charge on any atom is 0.239 e. The third kappa shape index (κ3) is 4.94. The Morgan fingerprint density at radius 3 is 2.45 bits per heavy atom. The van der Waals surface area contributed by atoms with Crippen molar-refractivity contribution in [3.8, 4) is 0 Å². The normalized spacial score (nSPS) is 12.7. The third-order valence-corrected chi connectivity index (χ3v) is 3.97. The summed E-state index contributed by atoms with van der Waals surface area (Å²) in [5.74, 6) is -0.428. The molecule has 1 rings (SSSR count).